The van der Waals surface area contributed by atoms with Crippen LogP contribution in [0.2, 0.25) is 0 Å². The highest BCUT2D eigenvalue weighted by Crippen LogP contribution is 2.37. The quantitative estimate of drug-likeness (QED) is 0.370. The Kier molecular flexibility index (Phi) is 6.02. The number of nitrogens with zero attached hydrogens (tertiary/aromatic N) is 5. The van der Waals surface area contributed by atoms with Crippen molar-refractivity contribution in [3.63, 3.8) is 0 Å². The number of methoxy groups -OCH3 is 1. The number of anilines is 1. The molecular formula is C25H24N6O7. The third-order valence-corrected chi connectivity index (χ3v) is 6.63. The minimum Gasteiger partial charge on any atom is -0.491 e. The first-order valence-corrected chi connectivity index (χ1v) is 12.1. The first-order valence-electron chi connectivity index (χ1n) is 12.1. The molecule has 1 N–H and O–H groups in total. The molecule has 5 heterocycles. The van der Waals surface area contributed by atoms with Gasteiger partial charge in [0.2, 0.25) is 5.62 Å². The molecule has 2 atom stereocenters. The Hall–Kier alpha value is -4.68. The predicted octanol–water partition coefficient (Wildman–Crippen LogP) is 1.12. The van der Waals surface area contributed by atoms with Gasteiger partial charge >= 0.3 is 12.1 Å². The third-order valence-electron chi connectivity index (χ3n) is 6.63. The lowest BCUT2D eigenvalue weighted by atomic mass is 10.2. The van der Waals surface area contributed by atoms with Crippen LogP contribution in [-0.4, -0.2) is 83.0 Å². The molecule has 2 amide bonds. The second-order valence-electron chi connectivity index (χ2n) is 8.92. The second-order valence-corrected chi connectivity index (χ2v) is 8.92. The maximum Gasteiger partial charge on any atom is 0.410 e. The summed E-state index contributed by atoms with van der Waals surface area (Å²) in [7, 11) is 1.50. The van der Waals surface area contributed by atoms with Gasteiger partial charge in [-0.1, -0.05) is 0 Å². The number of benzene rings is 1. The van der Waals surface area contributed by atoms with Gasteiger partial charge in [-0.15, -0.1) is 0 Å². The van der Waals surface area contributed by atoms with Gasteiger partial charge in [-0.05, 0) is 24.3 Å². The van der Waals surface area contributed by atoms with Crippen molar-refractivity contribution in [3.05, 3.63) is 47.8 Å². The van der Waals surface area contributed by atoms with Crippen molar-refractivity contribution >= 4 is 34.7 Å². The molecule has 1 aromatic carbocycles. The summed E-state index contributed by atoms with van der Waals surface area (Å²) in [6.07, 6.45) is 2.71. The molecule has 3 aliphatic heterocycles. The van der Waals surface area contributed by atoms with Crippen LogP contribution >= 0.6 is 0 Å². The smallest absolute Gasteiger partial charge is 0.410 e. The van der Waals surface area contributed by atoms with Gasteiger partial charge in [0.1, 0.15) is 36.7 Å². The number of carbonyl (C=O) groups is 3. The molecule has 2 bridgehead atoms. The number of esters is 1. The summed E-state index contributed by atoms with van der Waals surface area (Å²) in [4.78, 5) is 51.1. The fourth-order valence-corrected chi connectivity index (χ4v) is 4.90. The maximum absolute atomic E-state index is 12.7. The fraction of sp³-hybridized carbons (Fsp3) is 0.360. The van der Waals surface area contributed by atoms with E-state index in [9.17, 15) is 14.4 Å². The van der Waals surface area contributed by atoms with Crippen molar-refractivity contribution < 1.29 is 33.3 Å². The topological polar surface area (TPSA) is 146 Å². The van der Waals surface area contributed by atoms with Crippen molar-refractivity contribution in [2.24, 2.45) is 4.99 Å². The zero-order chi connectivity index (χ0) is 26.2. The summed E-state index contributed by atoms with van der Waals surface area (Å²) in [5.41, 5.74) is 1.05. The van der Waals surface area contributed by atoms with E-state index < -0.39 is 24.0 Å². The molecule has 13 heteroatoms. The zero-order valence-corrected chi connectivity index (χ0v) is 20.5. The normalized spacial score (nSPS) is 19.8. The number of pyridine rings is 1. The molecule has 0 spiro atoms. The molecule has 3 aromatic rings. The molecule has 0 saturated carbocycles. The van der Waals surface area contributed by atoms with Crippen LogP contribution in [0.4, 0.5) is 10.6 Å². The lowest BCUT2D eigenvalue weighted by Gasteiger charge is -2.24. The molecule has 2 saturated heterocycles. The Bertz CT molecular complexity index is 1510. The number of likely N-dealkylation sites (tertiary alicyclic amines) is 1. The highest BCUT2D eigenvalue weighted by atomic mass is 16.6. The van der Waals surface area contributed by atoms with Crippen LogP contribution in [0.3, 0.4) is 0 Å². The van der Waals surface area contributed by atoms with E-state index in [0.717, 1.165) is 11.2 Å². The summed E-state index contributed by atoms with van der Waals surface area (Å²) in [5, 5.41) is 4.10. The van der Waals surface area contributed by atoms with Crippen molar-refractivity contribution in [1.29, 1.82) is 0 Å². The summed E-state index contributed by atoms with van der Waals surface area (Å²) < 4.78 is 23.7. The van der Waals surface area contributed by atoms with Crippen molar-refractivity contribution in [1.82, 2.24) is 19.4 Å². The monoisotopic (exact) mass is 520 g/mol. The van der Waals surface area contributed by atoms with Crippen LogP contribution in [0.5, 0.6) is 11.5 Å². The van der Waals surface area contributed by atoms with E-state index in [0.29, 0.717) is 48.6 Å². The van der Waals surface area contributed by atoms with E-state index in [2.05, 4.69) is 20.3 Å². The van der Waals surface area contributed by atoms with E-state index in [1.54, 1.807) is 24.4 Å². The number of hydrogen-bond donors (Lipinski definition) is 1. The molecule has 0 aliphatic carbocycles. The first-order chi connectivity index (χ1) is 18.5. The lowest BCUT2D eigenvalue weighted by molar-refractivity contribution is -0.150. The number of ether oxygens (including phenoxy) is 4. The van der Waals surface area contributed by atoms with E-state index in [4.69, 9.17) is 18.9 Å². The highest BCUT2D eigenvalue weighted by Gasteiger charge is 2.49. The molecule has 0 radical (unpaired) electrons. The minimum absolute atomic E-state index is 0.0296. The van der Waals surface area contributed by atoms with Gasteiger partial charge in [0.05, 0.1) is 19.2 Å². The van der Waals surface area contributed by atoms with Gasteiger partial charge in [0, 0.05) is 37.3 Å². The van der Waals surface area contributed by atoms with Crippen LogP contribution in [-0.2, 0) is 20.8 Å². The van der Waals surface area contributed by atoms with Gasteiger partial charge in [-0.2, -0.15) is 4.99 Å². The summed E-state index contributed by atoms with van der Waals surface area (Å²) in [6.45, 7) is 1.62. The summed E-state index contributed by atoms with van der Waals surface area (Å²) in [6, 6.07) is 6.33. The molecule has 38 heavy (non-hydrogen) atoms. The first kappa shape index (κ1) is 23.7. The van der Waals surface area contributed by atoms with Gasteiger partial charge in [0.15, 0.2) is 11.5 Å². The zero-order valence-electron chi connectivity index (χ0n) is 20.5. The Balaban J connectivity index is 1.22. The van der Waals surface area contributed by atoms with Gasteiger partial charge < -0.3 is 24.3 Å². The van der Waals surface area contributed by atoms with Crippen LogP contribution < -0.4 is 20.4 Å². The van der Waals surface area contributed by atoms with Gasteiger partial charge in [0.25, 0.3) is 5.91 Å². The molecule has 2 aromatic heterocycles. The fourth-order valence-electron chi connectivity index (χ4n) is 4.90. The number of carbonyl (C=O) groups excluding carboxylic acids is 3. The van der Waals surface area contributed by atoms with Crippen LogP contribution in [0.25, 0.3) is 10.9 Å². The van der Waals surface area contributed by atoms with Crippen LogP contribution in [0.1, 0.15) is 16.8 Å². The van der Waals surface area contributed by atoms with Crippen molar-refractivity contribution in [2.75, 3.05) is 38.7 Å². The van der Waals surface area contributed by atoms with E-state index in [-0.39, 0.29) is 24.9 Å². The Labute approximate surface area is 216 Å². The average Bonchev–Trinajstić information content (AvgIpc) is 3.67. The van der Waals surface area contributed by atoms with Gasteiger partial charge in [-0.3, -0.25) is 19.2 Å². The summed E-state index contributed by atoms with van der Waals surface area (Å²) >= 11 is 0. The number of amides is 2. The van der Waals surface area contributed by atoms with E-state index in [1.165, 1.54) is 18.2 Å². The Morgan fingerprint density at radius 2 is 2.16 bits per heavy atom. The molecule has 3 aliphatic rings. The molecule has 6 rings (SSSR count). The highest BCUT2D eigenvalue weighted by molar-refractivity contribution is 5.96. The van der Waals surface area contributed by atoms with E-state index >= 15 is 0 Å². The van der Waals surface area contributed by atoms with E-state index in [1.807, 2.05) is 10.6 Å². The van der Waals surface area contributed by atoms with Crippen LogP contribution in [0, 0.1) is 0 Å². The molecule has 196 valence electrons. The SMILES string of the molecule is COc1c(OCCOC(=O)N2C[C@@H]3C[C@H]2C(=O)O3)ccc2c3n(c(=NC(=O)c4cccnc4)nc12)CCN3. The number of morpholine rings is 1. The minimum atomic E-state index is -0.576. The average molecular weight is 521 g/mol. The molecular weight excluding hydrogens is 496 g/mol. The predicted molar refractivity (Wildman–Crippen MR) is 131 cm³/mol. The molecule has 13 nitrogen and oxygen atoms in total. The van der Waals surface area contributed by atoms with Crippen molar-refractivity contribution in [3.8, 4) is 11.5 Å². The van der Waals surface area contributed by atoms with Crippen LogP contribution in [0.15, 0.2) is 41.7 Å². The number of nitrogens with one attached hydrogen (secondary N) is 1. The second kappa shape index (κ2) is 9.65. The Morgan fingerprint density at radius 3 is 2.92 bits per heavy atom. The standard InChI is InChI=1S/C25H24N6O7/c1-35-20-18(36-9-10-37-25(34)31-13-15-11-17(31)23(33)38-15)5-4-16-19(20)28-24(30-8-7-27-21(16)30)29-22(32)14-3-2-6-26-12-14/h2-6,12,15,17,27H,7-11,13H2,1H3/t15-,17-/m0/s1. The number of hydrogen-bond acceptors (Lipinski definition) is 10. The molecule has 0 unspecified atom stereocenters. The molecule has 2 fully saturated rings. The maximum atomic E-state index is 12.7. The number of aromatic nitrogens is 3. The summed E-state index contributed by atoms with van der Waals surface area (Å²) in [5.74, 6) is 0.662. The number of fused-ring (bicyclic) bond motifs is 5. The van der Waals surface area contributed by atoms with Gasteiger partial charge in [-0.25, -0.2) is 14.6 Å². The number of rotatable bonds is 6. The lowest BCUT2D eigenvalue weighted by Crippen LogP contribution is -2.44. The third kappa shape index (κ3) is 4.15. The van der Waals surface area contributed by atoms with Crippen molar-refractivity contribution in [2.45, 2.75) is 25.1 Å². The Morgan fingerprint density at radius 1 is 1.26 bits per heavy atom. The largest absolute Gasteiger partial charge is 0.491 e.